The van der Waals surface area contributed by atoms with Gasteiger partial charge in [-0.1, -0.05) is 13.0 Å². The SMILES string of the molecule is CCCN(CCNCc1ccc(O)c(O)c1)C(=O)OC(C)(C)C. The van der Waals surface area contributed by atoms with Crippen LogP contribution in [0.3, 0.4) is 0 Å². The number of benzene rings is 1. The first-order chi connectivity index (χ1) is 10.7. The van der Waals surface area contributed by atoms with E-state index in [-0.39, 0.29) is 17.6 Å². The average molecular weight is 324 g/mol. The zero-order valence-electron chi connectivity index (χ0n) is 14.4. The molecule has 1 aromatic rings. The summed E-state index contributed by atoms with van der Waals surface area (Å²) >= 11 is 0. The Morgan fingerprint density at radius 2 is 1.91 bits per heavy atom. The molecule has 0 aliphatic rings. The van der Waals surface area contributed by atoms with Crippen LogP contribution in [-0.4, -0.2) is 46.4 Å². The summed E-state index contributed by atoms with van der Waals surface area (Å²) in [6, 6.07) is 4.70. The smallest absolute Gasteiger partial charge is 0.410 e. The number of amides is 1. The molecule has 23 heavy (non-hydrogen) atoms. The molecule has 0 fully saturated rings. The highest BCUT2D eigenvalue weighted by molar-refractivity contribution is 5.68. The van der Waals surface area contributed by atoms with Crippen LogP contribution in [0.25, 0.3) is 0 Å². The lowest BCUT2D eigenvalue weighted by molar-refractivity contribution is 0.0252. The van der Waals surface area contributed by atoms with Crippen molar-refractivity contribution in [3.8, 4) is 11.5 Å². The number of hydrogen-bond acceptors (Lipinski definition) is 5. The maximum absolute atomic E-state index is 12.1. The quantitative estimate of drug-likeness (QED) is 0.531. The van der Waals surface area contributed by atoms with Gasteiger partial charge >= 0.3 is 6.09 Å². The van der Waals surface area contributed by atoms with Crippen molar-refractivity contribution in [2.45, 2.75) is 46.3 Å². The van der Waals surface area contributed by atoms with Crippen LogP contribution in [0.1, 0.15) is 39.7 Å². The third-order valence-electron chi connectivity index (χ3n) is 3.07. The largest absolute Gasteiger partial charge is 0.504 e. The van der Waals surface area contributed by atoms with Gasteiger partial charge in [0, 0.05) is 26.2 Å². The summed E-state index contributed by atoms with van der Waals surface area (Å²) in [4.78, 5) is 13.8. The molecule has 0 radical (unpaired) electrons. The monoisotopic (exact) mass is 324 g/mol. The molecule has 6 heteroatoms. The third kappa shape index (κ3) is 7.23. The van der Waals surface area contributed by atoms with E-state index in [1.165, 1.54) is 12.1 Å². The van der Waals surface area contributed by atoms with Crippen molar-refractivity contribution in [3.05, 3.63) is 23.8 Å². The van der Waals surface area contributed by atoms with Gasteiger partial charge in [0.15, 0.2) is 11.5 Å². The summed E-state index contributed by atoms with van der Waals surface area (Å²) in [6.07, 6.45) is 0.564. The van der Waals surface area contributed by atoms with Gasteiger partial charge < -0.3 is 25.2 Å². The Bertz CT molecular complexity index is 512. The number of phenolic OH excluding ortho intramolecular Hbond substituents is 2. The Balaban J connectivity index is 2.43. The van der Waals surface area contributed by atoms with Gasteiger partial charge in [-0.2, -0.15) is 0 Å². The summed E-state index contributed by atoms with van der Waals surface area (Å²) in [5.74, 6) is -0.265. The molecule has 0 bridgehead atoms. The minimum Gasteiger partial charge on any atom is -0.504 e. The van der Waals surface area contributed by atoms with Crippen LogP contribution in [0.2, 0.25) is 0 Å². The molecule has 1 amide bonds. The lowest BCUT2D eigenvalue weighted by Gasteiger charge is -2.27. The average Bonchev–Trinajstić information content (AvgIpc) is 2.44. The molecule has 1 aromatic carbocycles. The van der Waals surface area contributed by atoms with Crippen LogP contribution in [-0.2, 0) is 11.3 Å². The molecule has 0 saturated carbocycles. The minimum absolute atomic E-state index is 0.132. The van der Waals surface area contributed by atoms with E-state index in [0.717, 1.165) is 12.0 Å². The third-order valence-corrected chi connectivity index (χ3v) is 3.07. The summed E-state index contributed by atoms with van der Waals surface area (Å²) in [6.45, 7) is 9.93. The molecule has 0 spiro atoms. The Morgan fingerprint density at radius 1 is 1.22 bits per heavy atom. The number of rotatable bonds is 7. The number of hydrogen-bond donors (Lipinski definition) is 3. The van der Waals surface area contributed by atoms with Crippen molar-refractivity contribution in [1.29, 1.82) is 0 Å². The molecule has 0 unspecified atom stereocenters. The maximum Gasteiger partial charge on any atom is 0.410 e. The van der Waals surface area contributed by atoms with E-state index in [1.807, 2.05) is 27.7 Å². The van der Waals surface area contributed by atoms with Gasteiger partial charge in [-0.25, -0.2) is 4.79 Å². The summed E-state index contributed by atoms with van der Waals surface area (Å²) in [5.41, 5.74) is 0.361. The predicted molar refractivity (Wildman–Crippen MR) is 89.6 cm³/mol. The van der Waals surface area contributed by atoms with Gasteiger partial charge in [0.2, 0.25) is 0 Å². The highest BCUT2D eigenvalue weighted by atomic mass is 16.6. The predicted octanol–water partition coefficient (Wildman–Crippen LogP) is 2.83. The van der Waals surface area contributed by atoms with Gasteiger partial charge in [-0.15, -0.1) is 0 Å². The summed E-state index contributed by atoms with van der Waals surface area (Å²) in [7, 11) is 0. The highest BCUT2D eigenvalue weighted by Crippen LogP contribution is 2.24. The highest BCUT2D eigenvalue weighted by Gasteiger charge is 2.21. The molecule has 6 nitrogen and oxygen atoms in total. The van der Waals surface area contributed by atoms with Crippen LogP contribution >= 0.6 is 0 Å². The first-order valence-electron chi connectivity index (χ1n) is 7.92. The second-order valence-electron chi connectivity index (χ2n) is 6.47. The Labute approximate surface area is 138 Å². The first kappa shape index (κ1) is 19.1. The Morgan fingerprint density at radius 3 is 2.48 bits per heavy atom. The van der Waals surface area contributed by atoms with Gasteiger partial charge in [-0.05, 0) is 44.9 Å². The van der Waals surface area contributed by atoms with E-state index in [2.05, 4.69) is 5.32 Å². The van der Waals surface area contributed by atoms with Gasteiger partial charge in [0.25, 0.3) is 0 Å². The summed E-state index contributed by atoms with van der Waals surface area (Å²) < 4.78 is 5.40. The van der Waals surface area contributed by atoms with Crippen molar-refractivity contribution in [1.82, 2.24) is 10.2 Å². The Hall–Kier alpha value is -1.95. The molecule has 0 saturated heterocycles. The van der Waals surface area contributed by atoms with Gasteiger partial charge in [0.05, 0.1) is 0 Å². The second kappa shape index (κ2) is 8.62. The number of aromatic hydroxyl groups is 2. The molecule has 0 aliphatic heterocycles. The normalized spacial score (nSPS) is 11.3. The molecule has 0 aromatic heterocycles. The van der Waals surface area contributed by atoms with Crippen LogP contribution in [0.5, 0.6) is 11.5 Å². The van der Waals surface area contributed by atoms with E-state index in [4.69, 9.17) is 4.74 Å². The fourth-order valence-electron chi connectivity index (χ4n) is 2.02. The van der Waals surface area contributed by atoms with Crippen molar-refractivity contribution in [3.63, 3.8) is 0 Å². The number of carbonyl (C=O) groups excluding carboxylic acids is 1. The summed E-state index contributed by atoms with van der Waals surface area (Å²) in [5, 5.41) is 21.9. The number of carbonyl (C=O) groups is 1. The van der Waals surface area contributed by atoms with E-state index in [0.29, 0.717) is 26.2 Å². The lowest BCUT2D eigenvalue weighted by atomic mass is 10.2. The van der Waals surface area contributed by atoms with Crippen molar-refractivity contribution in [2.24, 2.45) is 0 Å². The zero-order chi connectivity index (χ0) is 17.5. The van der Waals surface area contributed by atoms with Crippen molar-refractivity contribution >= 4 is 6.09 Å². The zero-order valence-corrected chi connectivity index (χ0v) is 14.4. The molecular formula is C17H28N2O4. The van der Waals surface area contributed by atoms with Crippen LogP contribution in [0.15, 0.2) is 18.2 Å². The van der Waals surface area contributed by atoms with E-state index >= 15 is 0 Å². The van der Waals surface area contributed by atoms with E-state index in [1.54, 1.807) is 11.0 Å². The molecule has 0 aliphatic carbocycles. The number of nitrogens with zero attached hydrogens (tertiary/aromatic N) is 1. The fraction of sp³-hybridized carbons (Fsp3) is 0.588. The molecule has 0 heterocycles. The van der Waals surface area contributed by atoms with Crippen LogP contribution < -0.4 is 5.32 Å². The second-order valence-corrected chi connectivity index (χ2v) is 6.47. The standard InChI is InChI=1S/C17H28N2O4/c1-5-9-19(16(22)23-17(2,3)4)10-8-18-12-13-6-7-14(20)15(21)11-13/h6-7,11,18,20-21H,5,8-10,12H2,1-4H3. The molecule has 3 N–H and O–H groups in total. The van der Waals surface area contributed by atoms with Crippen LogP contribution in [0, 0.1) is 0 Å². The van der Waals surface area contributed by atoms with E-state index < -0.39 is 5.60 Å². The number of nitrogens with one attached hydrogen (secondary N) is 1. The van der Waals surface area contributed by atoms with Crippen LogP contribution in [0.4, 0.5) is 4.79 Å². The molecule has 0 atom stereocenters. The topological polar surface area (TPSA) is 82.0 Å². The number of ether oxygens (including phenoxy) is 1. The Kier molecular flexibility index (Phi) is 7.16. The van der Waals surface area contributed by atoms with E-state index in [9.17, 15) is 15.0 Å². The van der Waals surface area contributed by atoms with Crippen molar-refractivity contribution in [2.75, 3.05) is 19.6 Å². The van der Waals surface area contributed by atoms with Gasteiger partial charge in [0.1, 0.15) is 5.60 Å². The molecular weight excluding hydrogens is 296 g/mol. The van der Waals surface area contributed by atoms with Gasteiger partial charge in [-0.3, -0.25) is 0 Å². The lowest BCUT2D eigenvalue weighted by Crippen LogP contribution is -2.40. The minimum atomic E-state index is -0.500. The van der Waals surface area contributed by atoms with Crippen molar-refractivity contribution < 1.29 is 19.7 Å². The maximum atomic E-state index is 12.1. The first-order valence-corrected chi connectivity index (χ1v) is 7.92. The molecule has 130 valence electrons. The number of phenols is 2. The fourth-order valence-corrected chi connectivity index (χ4v) is 2.02. The molecule has 1 rings (SSSR count).